The molecule has 6 heteroatoms. The van der Waals surface area contributed by atoms with Crippen molar-refractivity contribution in [1.82, 2.24) is 0 Å². The fourth-order valence-corrected chi connectivity index (χ4v) is 2.08. The monoisotopic (exact) mass is 300 g/mol. The van der Waals surface area contributed by atoms with Gasteiger partial charge in [-0.3, -0.25) is 4.79 Å². The van der Waals surface area contributed by atoms with E-state index in [2.05, 4.69) is 13.2 Å². The van der Waals surface area contributed by atoms with Gasteiger partial charge in [-0.05, 0) is 32.8 Å². The van der Waals surface area contributed by atoms with Crippen LogP contribution in [-0.2, 0) is 14.3 Å². The third-order valence-corrected chi connectivity index (χ3v) is 3.55. The van der Waals surface area contributed by atoms with Crippen LogP contribution >= 0.6 is 0 Å². The Morgan fingerprint density at radius 2 is 1.48 bits per heavy atom. The van der Waals surface area contributed by atoms with Crippen molar-refractivity contribution < 1.29 is 29.6 Å². The molecule has 0 radical (unpaired) electrons. The van der Waals surface area contributed by atoms with Gasteiger partial charge in [0.2, 0.25) is 5.79 Å². The smallest absolute Gasteiger partial charge is 0.335 e. The molecule has 3 unspecified atom stereocenters. The second-order valence-electron chi connectivity index (χ2n) is 5.55. The summed E-state index contributed by atoms with van der Waals surface area (Å²) in [6, 6.07) is 0. The molecule has 0 saturated heterocycles. The van der Waals surface area contributed by atoms with Gasteiger partial charge < -0.3 is 20.1 Å². The third kappa shape index (κ3) is 3.40. The highest BCUT2D eigenvalue weighted by molar-refractivity contribution is 6.01. The predicted octanol–water partition coefficient (Wildman–Crippen LogP) is 0.851. The first-order valence-electron chi connectivity index (χ1n) is 6.51. The van der Waals surface area contributed by atoms with Crippen LogP contribution in [0.2, 0.25) is 0 Å². The third-order valence-electron chi connectivity index (χ3n) is 3.55. The highest BCUT2D eigenvalue weighted by Gasteiger charge is 2.62. The van der Waals surface area contributed by atoms with Gasteiger partial charge in [0.1, 0.15) is 0 Å². The van der Waals surface area contributed by atoms with Crippen molar-refractivity contribution in [2.24, 2.45) is 0 Å². The number of hydrogen-bond donors (Lipinski definition) is 3. The molecule has 0 aliphatic heterocycles. The molecule has 0 aromatic rings. The van der Waals surface area contributed by atoms with Crippen molar-refractivity contribution in [3.63, 3.8) is 0 Å². The van der Waals surface area contributed by atoms with Gasteiger partial charge in [0, 0.05) is 12.5 Å². The number of Topliss-reactive ketones (excluding diaryl/α,β-unsaturated/α-hetero) is 1. The first kappa shape index (κ1) is 19.5. The van der Waals surface area contributed by atoms with Crippen LogP contribution in [0.25, 0.3) is 0 Å². The molecule has 0 spiro atoms. The van der Waals surface area contributed by atoms with Crippen LogP contribution in [0.15, 0.2) is 24.3 Å². The van der Waals surface area contributed by atoms with Gasteiger partial charge >= 0.3 is 5.97 Å². The Kier molecular flexibility index (Phi) is 5.66. The zero-order valence-electron chi connectivity index (χ0n) is 13.2. The minimum atomic E-state index is -2.51. The predicted molar refractivity (Wildman–Crippen MR) is 77.2 cm³/mol. The van der Waals surface area contributed by atoms with Crippen LogP contribution in [0, 0.1) is 0 Å². The highest BCUT2D eigenvalue weighted by atomic mass is 16.7. The first-order chi connectivity index (χ1) is 9.24. The van der Waals surface area contributed by atoms with Gasteiger partial charge in [-0.15, -0.1) is 0 Å². The van der Waals surface area contributed by atoms with Gasteiger partial charge in [0.25, 0.3) is 0 Å². The number of aliphatic hydroxyl groups is 3. The maximum atomic E-state index is 12.1. The summed E-state index contributed by atoms with van der Waals surface area (Å²) < 4.78 is 4.80. The summed E-state index contributed by atoms with van der Waals surface area (Å²) in [4.78, 5) is 23.6. The maximum absolute atomic E-state index is 12.1. The van der Waals surface area contributed by atoms with Gasteiger partial charge in [-0.2, -0.15) is 0 Å². The number of ether oxygens (including phenoxy) is 1. The Hall–Kier alpha value is -1.50. The second kappa shape index (κ2) is 6.09. The lowest BCUT2D eigenvalue weighted by Gasteiger charge is -2.47. The van der Waals surface area contributed by atoms with Crippen molar-refractivity contribution in [3.8, 4) is 0 Å². The van der Waals surface area contributed by atoms with Crippen LogP contribution in [0.3, 0.4) is 0 Å². The lowest BCUT2D eigenvalue weighted by molar-refractivity contribution is -0.313. The van der Waals surface area contributed by atoms with Crippen LogP contribution in [-0.4, -0.2) is 44.1 Å². The number of carbonyl (C=O) groups excluding carboxylic acids is 2. The molecule has 3 N–H and O–H groups in total. The molecule has 0 amide bonds. The second-order valence-corrected chi connectivity index (χ2v) is 5.55. The van der Waals surface area contributed by atoms with Gasteiger partial charge in [-0.1, -0.05) is 20.1 Å². The van der Waals surface area contributed by atoms with Crippen LogP contribution in [0.4, 0.5) is 0 Å². The molecular formula is C15H24O6. The number of hydrogen-bond acceptors (Lipinski definition) is 6. The summed E-state index contributed by atoms with van der Waals surface area (Å²) in [6.45, 7) is 13.0. The zero-order chi connectivity index (χ0) is 17.2. The Morgan fingerprint density at radius 3 is 1.76 bits per heavy atom. The van der Waals surface area contributed by atoms with E-state index in [9.17, 15) is 24.9 Å². The van der Waals surface area contributed by atoms with Crippen molar-refractivity contribution >= 4 is 11.8 Å². The minimum Gasteiger partial charge on any atom is -0.427 e. The summed E-state index contributed by atoms with van der Waals surface area (Å²) in [7, 11) is 0. The molecule has 21 heavy (non-hydrogen) atoms. The Balaban J connectivity index is 5.82. The van der Waals surface area contributed by atoms with E-state index in [1.165, 1.54) is 20.8 Å². The normalized spacial score (nSPS) is 19.6. The molecule has 0 aromatic carbocycles. The molecule has 0 fully saturated rings. The van der Waals surface area contributed by atoms with E-state index < -0.39 is 28.7 Å². The van der Waals surface area contributed by atoms with Crippen LogP contribution in [0.1, 0.15) is 41.0 Å². The quantitative estimate of drug-likeness (QED) is 0.366. The Bertz CT molecular complexity index is 475. The number of ketones is 1. The SMILES string of the molecule is C=C(C)C(=O)OC(C)(O)C(O)(CC)C(C)(O)C(=O)C(=C)C. The highest BCUT2D eigenvalue weighted by Crippen LogP contribution is 2.39. The van der Waals surface area contributed by atoms with E-state index in [-0.39, 0.29) is 17.6 Å². The Morgan fingerprint density at radius 1 is 1.05 bits per heavy atom. The fraction of sp³-hybridized carbons (Fsp3) is 0.600. The molecule has 3 atom stereocenters. The summed E-state index contributed by atoms with van der Waals surface area (Å²) >= 11 is 0. The van der Waals surface area contributed by atoms with Gasteiger partial charge in [-0.25, -0.2) is 4.79 Å². The lowest BCUT2D eigenvalue weighted by Crippen LogP contribution is -2.69. The van der Waals surface area contributed by atoms with Gasteiger partial charge in [0.05, 0.1) is 0 Å². The average molecular weight is 300 g/mol. The molecule has 0 aromatic heterocycles. The van der Waals surface area contributed by atoms with E-state index in [1.54, 1.807) is 0 Å². The van der Waals surface area contributed by atoms with E-state index in [0.717, 1.165) is 13.8 Å². The van der Waals surface area contributed by atoms with Crippen molar-refractivity contribution in [3.05, 3.63) is 24.3 Å². The molecular weight excluding hydrogens is 276 g/mol. The Labute approximate surface area is 124 Å². The van der Waals surface area contributed by atoms with Crippen LogP contribution in [0.5, 0.6) is 0 Å². The molecule has 0 saturated carbocycles. The standard InChI is InChI=1S/C15H24O6/c1-8-15(20,13(6,18)11(16)9(2)3)14(7,19)21-12(17)10(4)5/h18-20H,2,4,8H2,1,3,5-7H3. The van der Waals surface area contributed by atoms with Crippen molar-refractivity contribution in [2.75, 3.05) is 0 Å². The summed E-state index contributed by atoms with van der Waals surface area (Å²) in [5, 5.41) is 31.4. The summed E-state index contributed by atoms with van der Waals surface area (Å²) in [6.07, 6.45) is -0.254. The van der Waals surface area contributed by atoms with Crippen LogP contribution < -0.4 is 0 Å². The van der Waals surface area contributed by atoms with E-state index in [4.69, 9.17) is 4.74 Å². The fourth-order valence-electron chi connectivity index (χ4n) is 2.08. The topological polar surface area (TPSA) is 104 Å². The first-order valence-corrected chi connectivity index (χ1v) is 6.51. The number of esters is 1. The van der Waals surface area contributed by atoms with E-state index in [1.807, 2.05) is 0 Å². The largest absolute Gasteiger partial charge is 0.427 e. The molecule has 0 aliphatic rings. The molecule has 0 bridgehead atoms. The average Bonchev–Trinajstić information content (AvgIpc) is 2.35. The number of carbonyl (C=O) groups is 2. The summed E-state index contributed by atoms with van der Waals surface area (Å²) in [5.41, 5.74) is -4.83. The summed E-state index contributed by atoms with van der Waals surface area (Å²) in [5.74, 6) is -4.32. The molecule has 0 aliphatic carbocycles. The van der Waals surface area contributed by atoms with E-state index in [0.29, 0.717) is 0 Å². The molecule has 120 valence electrons. The molecule has 0 heterocycles. The van der Waals surface area contributed by atoms with E-state index >= 15 is 0 Å². The van der Waals surface area contributed by atoms with Crippen molar-refractivity contribution in [2.45, 2.75) is 58.0 Å². The lowest BCUT2D eigenvalue weighted by atomic mass is 9.72. The molecule has 6 nitrogen and oxygen atoms in total. The number of rotatable bonds is 7. The molecule has 0 rings (SSSR count). The minimum absolute atomic E-state index is 0.000372. The maximum Gasteiger partial charge on any atom is 0.335 e. The van der Waals surface area contributed by atoms with Gasteiger partial charge in [0.15, 0.2) is 17.0 Å². The zero-order valence-corrected chi connectivity index (χ0v) is 13.2. The van der Waals surface area contributed by atoms with Crippen molar-refractivity contribution in [1.29, 1.82) is 0 Å².